The van der Waals surface area contributed by atoms with Crippen LogP contribution in [-0.2, 0) is 6.42 Å². The number of aryl methyl sites for hydroxylation is 2. The molecule has 1 aromatic heterocycles. The summed E-state index contributed by atoms with van der Waals surface area (Å²) in [7, 11) is 0. The normalized spacial score (nSPS) is 18.5. The van der Waals surface area contributed by atoms with Crippen molar-refractivity contribution in [3.63, 3.8) is 0 Å². The first-order chi connectivity index (χ1) is 10.7. The third-order valence-electron chi connectivity index (χ3n) is 4.11. The van der Waals surface area contributed by atoms with Crippen LogP contribution >= 0.6 is 11.3 Å². The van der Waals surface area contributed by atoms with Gasteiger partial charge in [0.05, 0.1) is 17.2 Å². The fourth-order valence-electron chi connectivity index (χ4n) is 2.82. The first kappa shape index (κ1) is 15.2. The van der Waals surface area contributed by atoms with Crippen LogP contribution in [0, 0.1) is 6.92 Å². The summed E-state index contributed by atoms with van der Waals surface area (Å²) in [5.41, 5.74) is 2.52. The molecule has 2 aromatic rings. The lowest BCUT2D eigenvalue weighted by atomic mass is 10.0. The van der Waals surface area contributed by atoms with Crippen molar-refractivity contribution in [3.05, 3.63) is 51.5 Å². The number of carbonyl (C=O) groups is 1. The van der Waals surface area contributed by atoms with Gasteiger partial charge in [-0.25, -0.2) is 4.98 Å². The third-order valence-corrected chi connectivity index (χ3v) is 5.01. The average Bonchev–Trinajstić information content (AvgIpc) is 3.01. The second-order valence-corrected chi connectivity index (χ2v) is 6.79. The van der Waals surface area contributed by atoms with E-state index in [1.54, 1.807) is 6.20 Å². The standard InChI is InChI=1S/C17H21N3OS/c1-3-13-4-6-14(7-5-13)15-10-18-8-9-20(15)17(21)16-11-19-12(2)22-16/h4-7,11,15,18H,3,8-10H2,1-2H3. The molecule has 0 radical (unpaired) electrons. The summed E-state index contributed by atoms with van der Waals surface area (Å²) in [4.78, 5) is 19.7. The first-order valence-corrected chi connectivity index (χ1v) is 8.53. The average molecular weight is 315 g/mol. The van der Waals surface area contributed by atoms with E-state index in [2.05, 4.69) is 41.5 Å². The molecule has 3 rings (SSSR count). The summed E-state index contributed by atoms with van der Waals surface area (Å²) in [6.07, 6.45) is 2.73. The topological polar surface area (TPSA) is 45.2 Å². The molecule has 0 bridgehead atoms. The second-order valence-electron chi connectivity index (χ2n) is 5.56. The SMILES string of the molecule is CCc1ccc(C2CNCCN2C(=O)c2cnc(C)s2)cc1. The number of thiazole rings is 1. The fraction of sp³-hybridized carbons (Fsp3) is 0.412. The highest BCUT2D eigenvalue weighted by molar-refractivity contribution is 7.13. The van der Waals surface area contributed by atoms with Crippen LogP contribution in [0.1, 0.15) is 38.8 Å². The number of piperazine rings is 1. The van der Waals surface area contributed by atoms with E-state index in [0.717, 1.165) is 35.9 Å². The quantitative estimate of drug-likeness (QED) is 0.947. The Hall–Kier alpha value is -1.72. The highest BCUT2D eigenvalue weighted by Gasteiger charge is 2.29. The van der Waals surface area contributed by atoms with Crippen molar-refractivity contribution in [2.75, 3.05) is 19.6 Å². The Labute approximate surface area is 135 Å². The van der Waals surface area contributed by atoms with Crippen molar-refractivity contribution in [3.8, 4) is 0 Å². The minimum Gasteiger partial charge on any atom is -0.328 e. The van der Waals surface area contributed by atoms with Gasteiger partial charge in [0.1, 0.15) is 4.88 Å². The zero-order valence-corrected chi connectivity index (χ0v) is 13.8. The van der Waals surface area contributed by atoms with E-state index >= 15 is 0 Å². The second kappa shape index (κ2) is 6.58. The van der Waals surface area contributed by atoms with Crippen molar-refractivity contribution < 1.29 is 4.79 Å². The molecule has 2 heterocycles. The van der Waals surface area contributed by atoms with Gasteiger partial charge in [0, 0.05) is 19.6 Å². The van der Waals surface area contributed by atoms with Crippen LogP contribution in [0.5, 0.6) is 0 Å². The molecular formula is C17H21N3OS. The molecule has 0 spiro atoms. The van der Waals surface area contributed by atoms with Crippen LogP contribution in [0.3, 0.4) is 0 Å². The smallest absolute Gasteiger partial charge is 0.266 e. The molecule has 22 heavy (non-hydrogen) atoms. The molecule has 5 heteroatoms. The van der Waals surface area contributed by atoms with E-state index in [-0.39, 0.29) is 11.9 Å². The highest BCUT2D eigenvalue weighted by atomic mass is 32.1. The zero-order valence-electron chi connectivity index (χ0n) is 13.0. The number of nitrogens with one attached hydrogen (secondary N) is 1. The maximum atomic E-state index is 12.8. The molecule has 1 atom stereocenters. The van der Waals surface area contributed by atoms with Crippen LogP contribution in [0.25, 0.3) is 0 Å². The number of rotatable bonds is 3. The Bertz CT molecular complexity index is 650. The van der Waals surface area contributed by atoms with Gasteiger partial charge < -0.3 is 10.2 Å². The molecule has 0 saturated carbocycles. The molecule has 1 aliphatic rings. The minimum absolute atomic E-state index is 0.0922. The molecule has 1 aromatic carbocycles. The molecule has 0 aliphatic carbocycles. The van der Waals surface area contributed by atoms with Crippen molar-refractivity contribution >= 4 is 17.2 Å². The number of benzene rings is 1. The van der Waals surface area contributed by atoms with Crippen LogP contribution in [-0.4, -0.2) is 35.4 Å². The molecule has 1 amide bonds. The predicted octanol–water partition coefficient (Wildman–Crippen LogP) is 2.80. The summed E-state index contributed by atoms with van der Waals surface area (Å²) in [6.45, 7) is 6.46. The Morgan fingerprint density at radius 3 is 2.82 bits per heavy atom. The minimum atomic E-state index is 0.0922. The van der Waals surface area contributed by atoms with Crippen molar-refractivity contribution in [1.29, 1.82) is 0 Å². The van der Waals surface area contributed by atoms with E-state index in [9.17, 15) is 4.79 Å². The van der Waals surface area contributed by atoms with Crippen LogP contribution in [0.15, 0.2) is 30.5 Å². The van der Waals surface area contributed by atoms with Gasteiger partial charge in [0.15, 0.2) is 0 Å². The van der Waals surface area contributed by atoms with Gasteiger partial charge in [-0.3, -0.25) is 4.79 Å². The van der Waals surface area contributed by atoms with Crippen molar-refractivity contribution in [2.45, 2.75) is 26.3 Å². The molecule has 116 valence electrons. The summed E-state index contributed by atoms with van der Waals surface area (Å²) < 4.78 is 0. The van der Waals surface area contributed by atoms with Gasteiger partial charge >= 0.3 is 0 Å². The molecule has 4 nitrogen and oxygen atoms in total. The summed E-state index contributed by atoms with van der Waals surface area (Å²) in [5.74, 6) is 0.0941. The number of amides is 1. The molecule has 1 saturated heterocycles. The Kier molecular flexibility index (Phi) is 4.55. The third kappa shape index (κ3) is 3.05. The Morgan fingerprint density at radius 2 is 2.18 bits per heavy atom. The predicted molar refractivity (Wildman–Crippen MR) is 89.3 cm³/mol. The van der Waals surface area contributed by atoms with Gasteiger partial charge in [0.2, 0.25) is 0 Å². The van der Waals surface area contributed by atoms with Gasteiger partial charge in [-0.1, -0.05) is 31.2 Å². The molecule has 1 aliphatic heterocycles. The summed E-state index contributed by atoms with van der Waals surface area (Å²) >= 11 is 1.47. The Morgan fingerprint density at radius 1 is 1.41 bits per heavy atom. The molecular weight excluding hydrogens is 294 g/mol. The van der Waals surface area contributed by atoms with Crippen molar-refractivity contribution in [1.82, 2.24) is 15.2 Å². The summed E-state index contributed by atoms with van der Waals surface area (Å²) in [6, 6.07) is 8.70. The van der Waals surface area contributed by atoms with E-state index in [1.165, 1.54) is 22.5 Å². The first-order valence-electron chi connectivity index (χ1n) is 7.72. The number of hydrogen-bond acceptors (Lipinski definition) is 4. The van der Waals surface area contributed by atoms with E-state index in [0.29, 0.717) is 0 Å². The monoisotopic (exact) mass is 315 g/mol. The lowest BCUT2D eigenvalue weighted by Gasteiger charge is -2.36. The van der Waals surface area contributed by atoms with Crippen LogP contribution < -0.4 is 5.32 Å². The fourth-order valence-corrected chi connectivity index (χ4v) is 3.56. The van der Waals surface area contributed by atoms with Crippen LogP contribution in [0.2, 0.25) is 0 Å². The molecule has 1 fully saturated rings. The van der Waals surface area contributed by atoms with E-state index < -0.39 is 0 Å². The number of hydrogen-bond donors (Lipinski definition) is 1. The maximum absolute atomic E-state index is 12.8. The molecule has 1 unspecified atom stereocenters. The highest BCUT2D eigenvalue weighted by Crippen LogP contribution is 2.26. The number of carbonyl (C=O) groups excluding carboxylic acids is 1. The largest absolute Gasteiger partial charge is 0.328 e. The Balaban J connectivity index is 1.85. The van der Waals surface area contributed by atoms with E-state index in [4.69, 9.17) is 0 Å². The zero-order chi connectivity index (χ0) is 15.5. The van der Waals surface area contributed by atoms with Crippen molar-refractivity contribution in [2.24, 2.45) is 0 Å². The molecule has 1 N–H and O–H groups in total. The van der Waals surface area contributed by atoms with E-state index in [1.807, 2.05) is 11.8 Å². The lowest BCUT2D eigenvalue weighted by molar-refractivity contribution is 0.0639. The van der Waals surface area contributed by atoms with Gasteiger partial charge in [-0.15, -0.1) is 11.3 Å². The van der Waals surface area contributed by atoms with Crippen LogP contribution in [0.4, 0.5) is 0 Å². The maximum Gasteiger partial charge on any atom is 0.266 e. The summed E-state index contributed by atoms with van der Waals surface area (Å²) in [5, 5.41) is 4.33. The lowest BCUT2D eigenvalue weighted by Crippen LogP contribution is -2.48. The number of nitrogens with zero attached hydrogens (tertiary/aromatic N) is 2. The number of aromatic nitrogens is 1. The van der Waals surface area contributed by atoms with Gasteiger partial charge in [-0.2, -0.15) is 0 Å². The van der Waals surface area contributed by atoms with Gasteiger partial charge in [-0.05, 0) is 24.5 Å². The van der Waals surface area contributed by atoms with Gasteiger partial charge in [0.25, 0.3) is 5.91 Å².